The highest BCUT2D eigenvalue weighted by atomic mass is 16.5. The molecule has 27 heavy (non-hydrogen) atoms. The number of esters is 1. The first-order valence-corrected chi connectivity index (χ1v) is 8.87. The maximum atomic E-state index is 12.9. The second kappa shape index (κ2) is 8.12. The summed E-state index contributed by atoms with van der Waals surface area (Å²) in [5.74, 6) is 0.00436. The predicted molar refractivity (Wildman–Crippen MR) is 102 cm³/mol. The van der Waals surface area contributed by atoms with Gasteiger partial charge in [-0.25, -0.2) is 4.79 Å². The van der Waals surface area contributed by atoms with Crippen LogP contribution in [0, 0.1) is 0 Å². The van der Waals surface area contributed by atoms with Crippen LogP contribution in [0.2, 0.25) is 0 Å². The monoisotopic (exact) mass is 369 g/mol. The number of amides is 1. The Kier molecular flexibility index (Phi) is 5.64. The molecule has 0 aliphatic carbocycles. The fourth-order valence-electron chi connectivity index (χ4n) is 3.23. The van der Waals surface area contributed by atoms with E-state index in [0.29, 0.717) is 18.0 Å². The summed E-state index contributed by atoms with van der Waals surface area (Å²) < 4.78 is 15.8. The molecule has 6 nitrogen and oxygen atoms in total. The Bertz CT molecular complexity index is 848. The Morgan fingerprint density at radius 2 is 1.85 bits per heavy atom. The molecule has 1 aliphatic rings. The lowest BCUT2D eigenvalue weighted by Crippen LogP contribution is -2.42. The number of anilines is 1. The van der Waals surface area contributed by atoms with Gasteiger partial charge in [-0.2, -0.15) is 0 Å². The van der Waals surface area contributed by atoms with Crippen LogP contribution in [0.25, 0.3) is 0 Å². The molecule has 6 heteroatoms. The first-order chi connectivity index (χ1) is 13.0. The molecule has 2 aromatic rings. The molecule has 0 aromatic heterocycles. The Morgan fingerprint density at radius 1 is 1.07 bits per heavy atom. The number of hydrogen-bond acceptors (Lipinski definition) is 5. The standard InChI is InChI=1S/C21H23NO5/c1-14(20(23)22-12-6-8-15-7-4-5-9-18(15)22)27-21(24)17-13-16(25-2)10-11-19(17)26-3/h4-5,7,9-11,13-14H,6,8,12H2,1-3H3. The quantitative estimate of drug-likeness (QED) is 0.757. The van der Waals surface area contributed by atoms with Gasteiger partial charge >= 0.3 is 5.97 Å². The summed E-state index contributed by atoms with van der Waals surface area (Å²) in [6.45, 7) is 2.20. The third-order valence-corrected chi connectivity index (χ3v) is 4.63. The van der Waals surface area contributed by atoms with Gasteiger partial charge in [-0.15, -0.1) is 0 Å². The summed E-state index contributed by atoms with van der Waals surface area (Å²) in [6.07, 6.45) is 0.905. The molecule has 2 aromatic carbocycles. The van der Waals surface area contributed by atoms with Crippen molar-refractivity contribution in [2.75, 3.05) is 25.7 Å². The van der Waals surface area contributed by atoms with Crippen LogP contribution >= 0.6 is 0 Å². The molecule has 1 aliphatic heterocycles. The number of fused-ring (bicyclic) bond motifs is 1. The molecule has 0 saturated heterocycles. The minimum absolute atomic E-state index is 0.218. The first kappa shape index (κ1) is 18.8. The molecule has 0 spiro atoms. The molecular formula is C21H23NO5. The van der Waals surface area contributed by atoms with Crippen molar-refractivity contribution in [3.05, 3.63) is 53.6 Å². The van der Waals surface area contributed by atoms with Crippen LogP contribution in [0.5, 0.6) is 11.5 Å². The normalized spacial score (nSPS) is 14.1. The number of ether oxygens (including phenoxy) is 3. The van der Waals surface area contributed by atoms with E-state index < -0.39 is 12.1 Å². The van der Waals surface area contributed by atoms with E-state index in [-0.39, 0.29) is 11.5 Å². The summed E-state index contributed by atoms with van der Waals surface area (Å²) in [5, 5.41) is 0. The zero-order chi connectivity index (χ0) is 19.4. The van der Waals surface area contributed by atoms with Gasteiger partial charge < -0.3 is 19.1 Å². The van der Waals surface area contributed by atoms with E-state index in [9.17, 15) is 9.59 Å². The number of methoxy groups -OCH3 is 2. The highest BCUT2D eigenvalue weighted by Gasteiger charge is 2.29. The molecule has 1 atom stereocenters. The number of para-hydroxylation sites is 1. The SMILES string of the molecule is COc1ccc(OC)c(C(=O)OC(C)C(=O)N2CCCc3ccccc32)c1. The van der Waals surface area contributed by atoms with E-state index >= 15 is 0 Å². The molecule has 1 unspecified atom stereocenters. The third kappa shape index (κ3) is 3.89. The summed E-state index contributed by atoms with van der Waals surface area (Å²) >= 11 is 0. The molecule has 3 rings (SSSR count). The molecule has 0 bridgehead atoms. The summed E-state index contributed by atoms with van der Waals surface area (Å²) in [4.78, 5) is 27.2. The highest BCUT2D eigenvalue weighted by molar-refractivity contribution is 6.00. The van der Waals surface area contributed by atoms with Crippen LogP contribution in [0.4, 0.5) is 5.69 Å². The van der Waals surface area contributed by atoms with E-state index in [1.165, 1.54) is 20.3 Å². The summed E-state index contributed by atoms with van der Waals surface area (Å²) in [7, 11) is 2.98. The molecule has 0 saturated carbocycles. The largest absolute Gasteiger partial charge is 0.497 e. The zero-order valence-electron chi connectivity index (χ0n) is 15.7. The number of hydrogen-bond donors (Lipinski definition) is 0. The second-order valence-corrected chi connectivity index (χ2v) is 6.34. The number of carbonyl (C=O) groups excluding carboxylic acids is 2. The minimum atomic E-state index is -0.917. The maximum Gasteiger partial charge on any atom is 0.342 e. The smallest absolute Gasteiger partial charge is 0.342 e. The van der Waals surface area contributed by atoms with Crippen molar-refractivity contribution in [1.29, 1.82) is 0 Å². The number of carbonyl (C=O) groups is 2. The zero-order valence-corrected chi connectivity index (χ0v) is 15.7. The van der Waals surface area contributed by atoms with Crippen molar-refractivity contribution >= 4 is 17.6 Å². The molecule has 0 N–H and O–H groups in total. The topological polar surface area (TPSA) is 65.1 Å². The van der Waals surface area contributed by atoms with Gasteiger partial charge in [0, 0.05) is 12.2 Å². The molecular weight excluding hydrogens is 346 g/mol. The van der Waals surface area contributed by atoms with E-state index in [1.54, 1.807) is 24.0 Å². The molecule has 0 radical (unpaired) electrons. The summed E-state index contributed by atoms with van der Waals surface area (Å²) in [5.41, 5.74) is 2.23. The minimum Gasteiger partial charge on any atom is -0.497 e. The van der Waals surface area contributed by atoms with Crippen molar-refractivity contribution in [2.24, 2.45) is 0 Å². The van der Waals surface area contributed by atoms with E-state index in [1.807, 2.05) is 24.3 Å². The number of benzene rings is 2. The Balaban J connectivity index is 1.77. The van der Waals surface area contributed by atoms with Crippen molar-refractivity contribution in [1.82, 2.24) is 0 Å². The van der Waals surface area contributed by atoms with Gasteiger partial charge in [-0.05, 0) is 49.6 Å². The van der Waals surface area contributed by atoms with Gasteiger partial charge in [0.25, 0.3) is 5.91 Å². The van der Waals surface area contributed by atoms with Crippen molar-refractivity contribution < 1.29 is 23.8 Å². The lowest BCUT2D eigenvalue weighted by molar-refractivity contribution is -0.126. The predicted octanol–water partition coefficient (Wildman–Crippen LogP) is 3.23. The van der Waals surface area contributed by atoms with Gasteiger partial charge in [0.1, 0.15) is 17.1 Å². The van der Waals surface area contributed by atoms with Crippen molar-refractivity contribution in [3.63, 3.8) is 0 Å². The third-order valence-electron chi connectivity index (χ3n) is 4.63. The second-order valence-electron chi connectivity index (χ2n) is 6.34. The highest BCUT2D eigenvalue weighted by Crippen LogP contribution is 2.28. The molecule has 1 heterocycles. The van der Waals surface area contributed by atoms with Crippen LogP contribution in [0.3, 0.4) is 0 Å². The maximum absolute atomic E-state index is 12.9. The Labute approximate surface area is 158 Å². The molecule has 0 fully saturated rings. The summed E-state index contributed by atoms with van der Waals surface area (Å²) in [6, 6.07) is 12.7. The number of nitrogens with zero attached hydrogens (tertiary/aromatic N) is 1. The Hall–Kier alpha value is -3.02. The fraction of sp³-hybridized carbons (Fsp3) is 0.333. The lowest BCUT2D eigenvalue weighted by Gasteiger charge is -2.31. The first-order valence-electron chi connectivity index (χ1n) is 8.87. The lowest BCUT2D eigenvalue weighted by atomic mass is 10.0. The van der Waals surface area contributed by atoms with E-state index in [2.05, 4.69) is 0 Å². The number of rotatable bonds is 5. The van der Waals surface area contributed by atoms with Crippen LogP contribution in [-0.4, -0.2) is 38.7 Å². The van der Waals surface area contributed by atoms with Gasteiger partial charge in [-0.3, -0.25) is 4.79 Å². The van der Waals surface area contributed by atoms with Crippen LogP contribution < -0.4 is 14.4 Å². The average Bonchev–Trinajstić information content (AvgIpc) is 2.72. The average molecular weight is 369 g/mol. The fourth-order valence-corrected chi connectivity index (χ4v) is 3.23. The van der Waals surface area contributed by atoms with Crippen LogP contribution in [-0.2, 0) is 16.0 Å². The molecule has 1 amide bonds. The van der Waals surface area contributed by atoms with Crippen molar-refractivity contribution in [2.45, 2.75) is 25.9 Å². The van der Waals surface area contributed by atoms with E-state index in [4.69, 9.17) is 14.2 Å². The van der Waals surface area contributed by atoms with Gasteiger partial charge in [0.15, 0.2) is 6.10 Å². The van der Waals surface area contributed by atoms with Gasteiger partial charge in [0.2, 0.25) is 0 Å². The van der Waals surface area contributed by atoms with Crippen molar-refractivity contribution in [3.8, 4) is 11.5 Å². The molecule has 142 valence electrons. The van der Waals surface area contributed by atoms with Crippen LogP contribution in [0.15, 0.2) is 42.5 Å². The van der Waals surface area contributed by atoms with Crippen LogP contribution in [0.1, 0.15) is 29.3 Å². The Morgan fingerprint density at radius 3 is 2.59 bits per heavy atom. The van der Waals surface area contributed by atoms with Gasteiger partial charge in [0.05, 0.1) is 14.2 Å². The number of aryl methyl sites for hydroxylation is 1. The van der Waals surface area contributed by atoms with Gasteiger partial charge in [-0.1, -0.05) is 18.2 Å². The van der Waals surface area contributed by atoms with E-state index in [0.717, 1.165) is 24.1 Å².